The van der Waals surface area contributed by atoms with Gasteiger partial charge in [-0.15, -0.1) is 11.7 Å². The van der Waals surface area contributed by atoms with Crippen LogP contribution in [0.1, 0.15) is 11.1 Å². The number of benzene rings is 2. The van der Waals surface area contributed by atoms with Gasteiger partial charge < -0.3 is 10.1 Å². The fourth-order valence-corrected chi connectivity index (χ4v) is 2.70. The molecule has 0 atom stereocenters. The van der Waals surface area contributed by atoms with Gasteiger partial charge in [-0.1, -0.05) is 23.4 Å². The summed E-state index contributed by atoms with van der Waals surface area (Å²) in [5.74, 6) is 0.780. The maximum atomic E-state index is 5.49. The van der Waals surface area contributed by atoms with E-state index in [0.29, 0.717) is 18.2 Å². The SMILES string of the molecule is C=CCNC(=S)N/N=C\c1ccc(OC)c(Cn2nnc3ccccc32)c1. The third-order valence-corrected chi connectivity index (χ3v) is 4.07. The average Bonchev–Trinajstić information content (AvgIpc) is 3.10. The molecule has 1 heterocycles. The van der Waals surface area contributed by atoms with Gasteiger partial charge in [0.15, 0.2) is 5.11 Å². The molecular weight excluding hydrogens is 360 g/mol. The minimum Gasteiger partial charge on any atom is -0.496 e. The fourth-order valence-electron chi connectivity index (χ4n) is 2.57. The van der Waals surface area contributed by atoms with Crippen molar-refractivity contribution < 1.29 is 4.74 Å². The minimum atomic E-state index is 0.439. The van der Waals surface area contributed by atoms with Gasteiger partial charge in [-0.25, -0.2) is 4.68 Å². The van der Waals surface area contributed by atoms with E-state index in [1.54, 1.807) is 19.4 Å². The highest BCUT2D eigenvalue weighted by Gasteiger charge is 2.09. The third-order valence-electron chi connectivity index (χ3n) is 3.83. The molecule has 0 saturated heterocycles. The largest absolute Gasteiger partial charge is 0.496 e. The van der Waals surface area contributed by atoms with Gasteiger partial charge in [-0.05, 0) is 48.1 Å². The van der Waals surface area contributed by atoms with Crippen LogP contribution in [0.3, 0.4) is 0 Å². The highest BCUT2D eigenvalue weighted by atomic mass is 32.1. The Kier molecular flexibility index (Phi) is 6.11. The molecule has 0 spiro atoms. The molecule has 3 aromatic rings. The summed E-state index contributed by atoms with van der Waals surface area (Å²) < 4.78 is 7.33. The van der Waals surface area contributed by atoms with E-state index in [1.165, 1.54) is 0 Å². The number of para-hydroxylation sites is 1. The lowest BCUT2D eigenvalue weighted by atomic mass is 10.1. The Bertz CT molecular complexity index is 981. The first-order chi connectivity index (χ1) is 13.2. The number of rotatable bonds is 7. The molecule has 3 rings (SSSR count). The second kappa shape index (κ2) is 8.91. The van der Waals surface area contributed by atoms with E-state index in [-0.39, 0.29) is 0 Å². The Morgan fingerprint density at radius 1 is 1.33 bits per heavy atom. The lowest BCUT2D eigenvalue weighted by Gasteiger charge is -2.10. The number of fused-ring (bicyclic) bond motifs is 1. The smallest absolute Gasteiger partial charge is 0.187 e. The molecular formula is C19H20N6OS. The van der Waals surface area contributed by atoms with E-state index in [4.69, 9.17) is 17.0 Å². The van der Waals surface area contributed by atoms with Crippen molar-refractivity contribution in [3.63, 3.8) is 0 Å². The second-order valence-corrected chi connectivity index (χ2v) is 6.08. The Morgan fingerprint density at radius 3 is 3.00 bits per heavy atom. The van der Waals surface area contributed by atoms with Gasteiger partial charge in [0.2, 0.25) is 0 Å². The normalized spacial score (nSPS) is 10.9. The van der Waals surface area contributed by atoms with Crippen molar-refractivity contribution >= 4 is 34.6 Å². The Hall–Kier alpha value is -3.26. The molecule has 138 valence electrons. The molecule has 0 unspecified atom stereocenters. The summed E-state index contributed by atoms with van der Waals surface area (Å²) in [5.41, 5.74) is 6.49. The molecule has 1 aromatic heterocycles. The zero-order valence-electron chi connectivity index (χ0n) is 14.9. The van der Waals surface area contributed by atoms with Gasteiger partial charge in [0.05, 0.1) is 25.4 Å². The van der Waals surface area contributed by atoms with Gasteiger partial charge in [-0.2, -0.15) is 5.10 Å². The van der Waals surface area contributed by atoms with Crippen LogP contribution in [0.15, 0.2) is 60.2 Å². The molecule has 0 fully saturated rings. The molecule has 7 nitrogen and oxygen atoms in total. The summed E-state index contributed by atoms with van der Waals surface area (Å²) in [6, 6.07) is 13.7. The monoisotopic (exact) mass is 380 g/mol. The summed E-state index contributed by atoms with van der Waals surface area (Å²) >= 11 is 5.10. The first-order valence-electron chi connectivity index (χ1n) is 8.34. The third kappa shape index (κ3) is 4.68. The number of aromatic nitrogens is 3. The first kappa shape index (κ1) is 18.5. The fraction of sp³-hybridized carbons (Fsp3) is 0.158. The number of hydrogen-bond donors (Lipinski definition) is 2. The van der Waals surface area contributed by atoms with Gasteiger partial charge in [0, 0.05) is 12.1 Å². The molecule has 2 aromatic carbocycles. The predicted molar refractivity (Wildman–Crippen MR) is 111 cm³/mol. The van der Waals surface area contributed by atoms with E-state index in [1.807, 2.05) is 47.1 Å². The number of thiocarbonyl (C=S) groups is 1. The molecule has 0 bridgehead atoms. The van der Waals surface area contributed by atoms with Crippen molar-refractivity contribution in [1.29, 1.82) is 0 Å². The number of nitrogens with zero attached hydrogens (tertiary/aromatic N) is 4. The quantitative estimate of drug-likeness (QED) is 0.284. The minimum absolute atomic E-state index is 0.439. The summed E-state index contributed by atoms with van der Waals surface area (Å²) in [6.45, 7) is 4.75. The molecule has 8 heteroatoms. The number of methoxy groups -OCH3 is 1. The Balaban J connectivity index is 1.77. The van der Waals surface area contributed by atoms with Crippen LogP contribution >= 0.6 is 12.2 Å². The second-order valence-electron chi connectivity index (χ2n) is 5.68. The van der Waals surface area contributed by atoms with Crippen LogP contribution in [0.5, 0.6) is 5.75 Å². The van der Waals surface area contributed by atoms with Crippen LogP contribution in [0.25, 0.3) is 11.0 Å². The summed E-state index contributed by atoms with van der Waals surface area (Å²) in [7, 11) is 1.65. The van der Waals surface area contributed by atoms with Crippen LogP contribution < -0.4 is 15.5 Å². The molecule has 2 N–H and O–H groups in total. The lowest BCUT2D eigenvalue weighted by Crippen LogP contribution is -2.31. The van der Waals surface area contributed by atoms with Crippen LogP contribution in [-0.4, -0.2) is 40.0 Å². The first-order valence-corrected chi connectivity index (χ1v) is 8.75. The number of hydrogen-bond acceptors (Lipinski definition) is 5. The van der Waals surface area contributed by atoms with Crippen molar-refractivity contribution in [3.8, 4) is 5.75 Å². The molecule has 27 heavy (non-hydrogen) atoms. The molecule has 0 aliphatic carbocycles. The summed E-state index contributed by atoms with van der Waals surface area (Å²) in [5, 5.41) is 16.0. The molecule has 0 aliphatic rings. The maximum Gasteiger partial charge on any atom is 0.187 e. The average molecular weight is 380 g/mol. The van der Waals surface area contributed by atoms with Crippen molar-refractivity contribution in [2.45, 2.75) is 6.54 Å². The highest BCUT2D eigenvalue weighted by molar-refractivity contribution is 7.80. The van der Waals surface area contributed by atoms with Crippen LogP contribution in [0, 0.1) is 0 Å². The molecule has 0 radical (unpaired) electrons. The lowest BCUT2D eigenvalue weighted by molar-refractivity contribution is 0.407. The number of hydrazone groups is 1. The van der Waals surface area contributed by atoms with Crippen molar-refractivity contribution in [2.75, 3.05) is 13.7 Å². The number of ether oxygens (including phenoxy) is 1. The Morgan fingerprint density at radius 2 is 2.19 bits per heavy atom. The van der Waals surface area contributed by atoms with Crippen molar-refractivity contribution in [1.82, 2.24) is 25.7 Å². The van der Waals surface area contributed by atoms with Gasteiger partial charge in [0.1, 0.15) is 11.3 Å². The van der Waals surface area contributed by atoms with Gasteiger partial charge in [-0.3, -0.25) is 5.43 Å². The van der Waals surface area contributed by atoms with Crippen LogP contribution in [0.2, 0.25) is 0 Å². The molecule has 0 saturated carbocycles. The topological polar surface area (TPSA) is 76.4 Å². The van der Waals surface area contributed by atoms with E-state index >= 15 is 0 Å². The van der Waals surface area contributed by atoms with Gasteiger partial charge >= 0.3 is 0 Å². The zero-order valence-corrected chi connectivity index (χ0v) is 15.7. The molecule has 0 amide bonds. The van der Waals surface area contributed by atoms with Gasteiger partial charge in [0.25, 0.3) is 0 Å². The van der Waals surface area contributed by atoms with E-state index in [0.717, 1.165) is 27.9 Å². The van der Waals surface area contributed by atoms with E-state index in [9.17, 15) is 0 Å². The number of nitrogens with one attached hydrogen (secondary N) is 2. The zero-order chi connectivity index (χ0) is 19.1. The van der Waals surface area contributed by atoms with Crippen LogP contribution in [0.4, 0.5) is 0 Å². The molecule has 0 aliphatic heterocycles. The standard InChI is InChI=1S/C19H20N6OS/c1-3-10-20-19(27)23-21-12-14-8-9-18(26-2)15(11-14)13-25-17-7-5-4-6-16(17)22-24-25/h3-9,11-12H,1,10,13H2,2H3,(H2,20,23,27)/b21-12-. The van der Waals surface area contributed by atoms with E-state index < -0.39 is 0 Å². The summed E-state index contributed by atoms with van der Waals surface area (Å²) in [6.07, 6.45) is 3.42. The maximum absolute atomic E-state index is 5.49. The Labute approximate surface area is 162 Å². The highest BCUT2D eigenvalue weighted by Crippen LogP contribution is 2.22. The van der Waals surface area contributed by atoms with Crippen LogP contribution in [-0.2, 0) is 6.54 Å². The predicted octanol–water partition coefficient (Wildman–Crippen LogP) is 2.47. The van der Waals surface area contributed by atoms with Crippen molar-refractivity contribution in [2.24, 2.45) is 5.10 Å². The summed E-state index contributed by atoms with van der Waals surface area (Å²) in [4.78, 5) is 0. The van der Waals surface area contributed by atoms with Crippen molar-refractivity contribution in [3.05, 3.63) is 66.2 Å². The van der Waals surface area contributed by atoms with E-state index in [2.05, 4.69) is 32.7 Å².